The molecule has 2 aromatic heterocycles. The first-order valence-electron chi connectivity index (χ1n) is 3.77. The molecule has 2 aromatic rings. The normalized spacial score (nSPS) is 8.53. The fourth-order valence-electron chi connectivity index (χ4n) is 1.04. The largest absolute Gasteiger partial charge is 0.506 e. The molecule has 15 heavy (non-hydrogen) atoms. The van der Waals surface area contributed by atoms with Gasteiger partial charge in [-0.05, 0) is 12.1 Å². The molecular weight excluding hydrogens is 237 g/mol. The Labute approximate surface area is 99.2 Å². The summed E-state index contributed by atoms with van der Waals surface area (Å²) in [4.78, 5) is 11.7. The maximum atomic E-state index is 9.45. The van der Waals surface area contributed by atoms with Gasteiger partial charge in [0.1, 0.15) is 17.8 Å². The lowest BCUT2D eigenvalue weighted by Gasteiger charge is -2.00. The lowest BCUT2D eigenvalue weighted by Crippen LogP contribution is -1.85. The van der Waals surface area contributed by atoms with Gasteiger partial charge >= 0.3 is 0 Å². The van der Waals surface area contributed by atoms with Crippen LogP contribution in [0.25, 0.3) is 11.3 Å². The molecule has 80 valence electrons. The number of aromatic hydroxyl groups is 1. The molecule has 0 saturated carbocycles. The highest BCUT2D eigenvalue weighted by Crippen LogP contribution is 2.23. The Bertz CT molecular complexity index is 411. The summed E-state index contributed by atoms with van der Waals surface area (Å²) in [5.74, 6) is 0.136. The van der Waals surface area contributed by atoms with E-state index < -0.39 is 0 Å². The van der Waals surface area contributed by atoms with Gasteiger partial charge in [0.15, 0.2) is 0 Å². The second-order valence-corrected chi connectivity index (χ2v) is 2.50. The lowest BCUT2D eigenvalue weighted by molar-refractivity contribution is 0.475. The molecule has 0 aliphatic carbocycles. The van der Waals surface area contributed by atoms with Gasteiger partial charge in [-0.1, -0.05) is 0 Å². The lowest BCUT2D eigenvalue weighted by atomic mass is 10.2. The third-order valence-electron chi connectivity index (χ3n) is 1.62. The van der Waals surface area contributed by atoms with Gasteiger partial charge in [-0.3, -0.25) is 4.98 Å². The van der Waals surface area contributed by atoms with E-state index in [1.807, 2.05) is 0 Å². The molecule has 0 radical (unpaired) electrons. The van der Waals surface area contributed by atoms with Crippen LogP contribution in [0.2, 0.25) is 0 Å². The van der Waals surface area contributed by atoms with Crippen LogP contribution in [0.1, 0.15) is 0 Å². The first kappa shape index (κ1) is 13.6. The predicted molar refractivity (Wildman–Crippen MR) is 61.4 cm³/mol. The molecule has 2 rings (SSSR count). The molecule has 0 aliphatic rings. The summed E-state index contributed by atoms with van der Waals surface area (Å²) in [6.07, 6.45) is 6.26. The van der Waals surface area contributed by atoms with Crippen LogP contribution in [-0.4, -0.2) is 20.1 Å². The Morgan fingerprint density at radius 3 is 2.33 bits per heavy atom. The van der Waals surface area contributed by atoms with Crippen LogP contribution < -0.4 is 0 Å². The van der Waals surface area contributed by atoms with Crippen molar-refractivity contribution in [3.63, 3.8) is 0 Å². The molecule has 0 saturated heterocycles. The highest BCUT2D eigenvalue weighted by Gasteiger charge is 2.03. The Morgan fingerprint density at radius 2 is 1.73 bits per heavy atom. The van der Waals surface area contributed by atoms with E-state index in [0.29, 0.717) is 11.3 Å². The van der Waals surface area contributed by atoms with Crippen molar-refractivity contribution in [1.82, 2.24) is 15.0 Å². The fraction of sp³-hybridized carbons (Fsp3) is 0. The van der Waals surface area contributed by atoms with Gasteiger partial charge in [0.2, 0.25) is 0 Å². The first-order valence-corrected chi connectivity index (χ1v) is 3.77. The van der Waals surface area contributed by atoms with E-state index in [0.717, 1.165) is 0 Å². The first-order chi connectivity index (χ1) is 6.38. The monoisotopic (exact) mass is 245 g/mol. The zero-order chi connectivity index (χ0) is 9.10. The van der Waals surface area contributed by atoms with Crippen LogP contribution in [-0.2, 0) is 0 Å². The SMILES string of the molecule is Cl.Cl.Oc1cccnc1-c1cncnc1. The van der Waals surface area contributed by atoms with Crippen molar-refractivity contribution in [3.8, 4) is 17.0 Å². The summed E-state index contributed by atoms with van der Waals surface area (Å²) >= 11 is 0. The van der Waals surface area contributed by atoms with Crippen LogP contribution in [0.4, 0.5) is 0 Å². The van der Waals surface area contributed by atoms with E-state index in [1.165, 1.54) is 6.33 Å². The molecule has 0 aliphatic heterocycles. The molecule has 0 amide bonds. The van der Waals surface area contributed by atoms with E-state index in [2.05, 4.69) is 15.0 Å². The maximum absolute atomic E-state index is 9.45. The minimum Gasteiger partial charge on any atom is -0.506 e. The number of rotatable bonds is 1. The molecule has 2 heterocycles. The minimum absolute atomic E-state index is 0. The van der Waals surface area contributed by atoms with E-state index in [-0.39, 0.29) is 30.6 Å². The van der Waals surface area contributed by atoms with Crippen molar-refractivity contribution in [3.05, 3.63) is 37.1 Å². The van der Waals surface area contributed by atoms with Gasteiger partial charge in [0.25, 0.3) is 0 Å². The smallest absolute Gasteiger partial charge is 0.141 e. The summed E-state index contributed by atoms with van der Waals surface area (Å²) in [5, 5.41) is 9.45. The van der Waals surface area contributed by atoms with Crippen molar-refractivity contribution in [2.75, 3.05) is 0 Å². The summed E-state index contributed by atoms with van der Waals surface area (Å²) in [5.41, 5.74) is 1.21. The fourth-order valence-corrected chi connectivity index (χ4v) is 1.04. The predicted octanol–water partition coefficient (Wildman–Crippen LogP) is 2.09. The summed E-state index contributed by atoms with van der Waals surface area (Å²) < 4.78 is 0. The maximum Gasteiger partial charge on any atom is 0.141 e. The van der Waals surface area contributed by atoms with Crippen LogP contribution in [0.3, 0.4) is 0 Å². The van der Waals surface area contributed by atoms with Crippen molar-refractivity contribution in [1.29, 1.82) is 0 Å². The van der Waals surface area contributed by atoms with Crippen molar-refractivity contribution in [2.24, 2.45) is 0 Å². The van der Waals surface area contributed by atoms with Gasteiger partial charge < -0.3 is 5.11 Å². The number of aromatic nitrogens is 3. The number of hydrogen-bond acceptors (Lipinski definition) is 4. The molecule has 1 N–H and O–H groups in total. The quantitative estimate of drug-likeness (QED) is 0.836. The van der Waals surface area contributed by atoms with Gasteiger partial charge in [0, 0.05) is 24.2 Å². The van der Waals surface area contributed by atoms with Crippen molar-refractivity contribution < 1.29 is 5.11 Å². The van der Waals surface area contributed by atoms with E-state index in [9.17, 15) is 5.11 Å². The number of hydrogen-bond donors (Lipinski definition) is 1. The van der Waals surface area contributed by atoms with Crippen LogP contribution in [0, 0.1) is 0 Å². The van der Waals surface area contributed by atoms with E-state index in [1.54, 1.807) is 30.7 Å². The van der Waals surface area contributed by atoms with Crippen LogP contribution in [0.15, 0.2) is 37.1 Å². The molecule has 0 aromatic carbocycles. The third kappa shape index (κ3) is 3.04. The van der Waals surface area contributed by atoms with Gasteiger partial charge in [-0.2, -0.15) is 0 Å². The zero-order valence-corrected chi connectivity index (χ0v) is 9.20. The highest BCUT2D eigenvalue weighted by molar-refractivity contribution is 5.85. The van der Waals surface area contributed by atoms with Gasteiger partial charge in [-0.15, -0.1) is 24.8 Å². The molecule has 4 nitrogen and oxygen atoms in total. The second kappa shape index (κ2) is 6.16. The Kier molecular flexibility index (Phi) is 5.59. The topological polar surface area (TPSA) is 58.9 Å². The van der Waals surface area contributed by atoms with E-state index >= 15 is 0 Å². The molecule has 0 atom stereocenters. The average molecular weight is 246 g/mol. The Hall–Kier alpha value is -1.39. The summed E-state index contributed by atoms with van der Waals surface area (Å²) in [6, 6.07) is 3.25. The van der Waals surface area contributed by atoms with Crippen molar-refractivity contribution in [2.45, 2.75) is 0 Å². The van der Waals surface area contributed by atoms with Crippen molar-refractivity contribution >= 4 is 24.8 Å². The molecule has 0 bridgehead atoms. The zero-order valence-electron chi connectivity index (χ0n) is 7.57. The number of nitrogens with zero attached hydrogens (tertiary/aromatic N) is 3. The second-order valence-electron chi connectivity index (χ2n) is 2.50. The highest BCUT2D eigenvalue weighted by atomic mass is 35.5. The number of pyridine rings is 1. The number of halogens is 2. The summed E-state index contributed by atoms with van der Waals surface area (Å²) in [7, 11) is 0. The Morgan fingerprint density at radius 1 is 1.07 bits per heavy atom. The molecule has 0 unspecified atom stereocenters. The standard InChI is InChI=1S/C9H7N3O.2ClH/c13-8-2-1-3-12-9(8)7-4-10-6-11-5-7;;/h1-6,13H;2*1H. The van der Waals surface area contributed by atoms with Gasteiger partial charge in [0.05, 0.1) is 0 Å². The molecule has 0 spiro atoms. The molecular formula is C9H9Cl2N3O. The average Bonchev–Trinajstić information content (AvgIpc) is 2.20. The van der Waals surface area contributed by atoms with Crippen LogP contribution >= 0.6 is 24.8 Å². The Balaban J connectivity index is 0.000000980. The van der Waals surface area contributed by atoms with E-state index in [4.69, 9.17) is 0 Å². The van der Waals surface area contributed by atoms with Gasteiger partial charge in [-0.25, -0.2) is 9.97 Å². The minimum atomic E-state index is 0. The van der Waals surface area contributed by atoms with Crippen LogP contribution in [0.5, 0.6) is 5.75 Å². The summed E-state index contributed by atoms with van der Waals surface area (Å²) in [6.45, 7) is 0. The molecule has 6 heteroatoms. The third-order valence-corrected chi connectivity index (χ3v) is 1.62. The molecule has 0 fully saturated rings.